The Morgan fingerprint density at radius 3 is 2.59 bits per heavy atom. The lowest BCUT2D eigenvalue weighted by molar-refractivity contribution is 0.552. The fraction of sp³-hybridized carbons (Fsp3) is 0.273. The number of rotatable bonds is 6. The van der Waals surface area contributed by atoms with E-state index >= 15 is 0 Å². The van der Waals surface area contributed by atoms with Crippen LogP contribution in [0.5, 0.6) is 0 Å². The maximum atomic E-state index is 5.97. The van der Waals surface area contributed by atoms with Crippen LogP contribution < -0.4 is 0 Å². The van der Waals surface area contributed by atoms with Crippen LogP contribution in [0.4, 0.5) is 5.69 Å². The number of hydrogen-bond donors (Lipinski definition) is 0. The zero-order valence-electron chi connectivity index (χ0n) is 16.2. The molecule has 1 aromatic heterocycles. The fourth-order valence-corrected chi connectivity index (χ4v) is 3.69. The minimum atomic E-state index is 0.744. The largest absolute Gasteiger partial charge is 0.366 e. The molecule has 0 aliphatic carbocycles. The van der Waals surface area contributed by atoms with Crippen molar-refractivity contribution in [1.82, 2.24) is 9.88 Å². The molecule has 140 valence electrons. The summed E-state index contributed by atoms with van der Waals surface area (Å²) in [5.41, 5.74) is 6.86. The van der Waals surface area contributed by atoms with Crippen LogP contribution in [0.25, 0.3) is 11.3 Å². The quantitative estimate of drug-likeness (QED) is 0.361. The highest BCUT2D eigenvalue weighted by molar-refractivity contribution is 7.10. The molecule has 0 fully saturated rings. The minimum Gasteiger partial charge on any atom is -0.366 e. The van der Waals surface area contributed by atoms with Gasteiger partial charge in [0.25, 0.3) is 0 Å². The minimum absolute atomic E-state index is 0.744. The molecule has 0 amide bonds. The number of aryl methyl sites for hydroxylation is 2. The summed E-state index contributed by atoms with van der Waals surface area (Å²) in [6, 6.07) is 12.2. The second-order valence-corrected chi connectivity index (χ2v) is 8.07. The van der Waals surface area contributed by atoms with Crippen LogP contribution >= 0.6 is 22.9 Å². The molecular formula is C22H24ClN3S. The van der Waals surface area contributed by atoms with E-state index < -0.39 is 0 Å². The average Bonchev–Trinajstić information content (AvgIpc) is 3.12. The highest BCUT2D eigenvalue weighted by Gasteiger charge is 2.09. The van der Waals surface area contributed by atoms with Crippen molar-refractivity contribution in [3.05, 3.63) is 68.5 Å². The van der Waals surface area contributed by atoms with E-state index in [-0.39, 0.29) is 0 Å². The predicted octanol–water partition coefficient (Wildman–Crippen LogP) is 6.28. The summed E-state index contributed by atoms with van der Waals surface area (Å²) in [6.07, 6.45) is 2.73. The number of hydrogen-bond acceptors (Lipinski definition) is 3. The van der Waals surface area contributed by atoms with E-state index in [0.29, 0.717) is 0 Å². The number of halogens is 1. The summed E-state index contributed by atoms with van der Waals surface area (Å²) in [5.74, 6) is 0. The predicted molar refractivity (Wildman–Crippen MR) is 118 cm³/mol. The first-order valence-corrected chi connectivity index (χ1v) is 10.3. The van der Waals surface area contributed by atoms with Gasteiger partial charge in [-0.2, -0.15) is 0 Å². The Bertz CT molecular complexity index is 945. The Balaban J connectivity index is 1.79. The molecule has 3 nitrogen and oxygen atoms in total. The summed E-state index contributed by atoms with van der Waals surface area (Å²) < 4.78 is 0. The van der Waals surface area contributed by atoms with Crippen molar-refractivity contribution < 1.29 is 0 Å². The third-order valence-corrected chi connectivity index (χ3v) is 5.68. The molecule has 0 saturated heterocycles. The molecule has 0 aliphatic heterocycles. The Hall–Kier alpha value is -2.17. The van der Waals surface area contributed by atoms with Gasteiger partial charge in [-0.05, 0) is 55.7 Å². The van der Waals surface area contributed by atoms with Gasteiger partial charge in [0.1, 0.15) is 0 Å². The standard InChI is InChI=1S/C22H24ClN3S/c1-5-26(4)14-24-20-11-15(2)18(10-16(20)3)12-22-25-21(13-27-22)17-6-8-19(23)9-7-17/h6-11,13-14H,5,12H2,1-4H3/b24-14+. The Morgan fingerprint density at radius 2 is 1.89 bits per heavy atom. The Morgan fingerprint density at radius 1 is 1.15 bits per heavy atom. The van der Waals surface area contributed by atoms with Crippen LogP contribution in [-0.2, 0) is 6.42 Å². The van der Waals surface area contributed by atoms with Crippen molar-refractivity contribution in [3.63, 3.8) is 0 Å². The van der Waals surface area contributed by atoms with E-state index in [4.69, 9.17) is 16.6 Å². The normalized spacial score (nSPS) is 11.3. The van der Waals surface area contributed by atoms with Gasteiger partial charge < -0.3 is 4.90 Å². The van der Waals surface area contributed by atoms with Gasteiger partial charge in [0.15, 0.2) is 0 Å². The van der Waals surface area contributed by atoms with Crippen LogP contribution in [0.2, 0.25) is 5.02 Å². The molecule has 0 radical (unpaired) electrons. The van der Waals surface area contributed by atoms with Gasteiger partial charge in [0.05, 0.1) is 22.7 Å². The van der Waals surface area contributed by atoms with Crippen molar-refractivity contribution in [2.45, 2.75) is 27.2 Å². The highest BCUT2D eigenvalue weighted by Crippen LogP contribution is 2.28. The molecule has 0 unspecified atom stereocenters. The van der Waals surface area contributed by atoms with Gasteiger partial charge in [-0.25, -0.2) is 9.98 Å². The van der Waals surface area contributed by atoms with E-state index in [1.165, 1.54) is 16.7 Å². The Kier molecular flexibility index (Phi) is 6.30. The second-order valence-electron chi connectivity index (χ2n) is 6.69. The number of aromatic nitrogens is 1. The zero-order valence-corrected chi connectivity index (χ0v) is 17.7. The number of aliphatic imine (C=N–C) groups is 1. The number of nitrogens with zero attached hydrogens (tertiary/aromatic N) is 3. The summed E-state index contributed by atoms with van der Waals surface area (Å²) >= 11 is 7.67. The molecule has 0 atom stereocenters. The molecule has 27 heavy (non-hydrogen) atoms. The van der Waals surface area contributed by atoms with Crippen molar-refractivity contribution in [2.75, 3.05) is 13.6 Å². The number of thiazole rings is 1. The molecule has 3 aromatic rings. The summed E-state index contributed by atoms with van der Waals surface area (Å²) in [4.78, 5) is 11.5. The van der Waals surface area contributed by atoms with E-state index in [1.54, 1.807) is 11.3 Å². The lowest BCUT2D eigenvalue weighted by atomic mass is 10.0. The van der Waals surface area contributed by atoms with Crippen molar-refractivity contribution in [3.8, 4) is 11.3 Å². The lowest BCUT2D eigenvalue weighted by Crippen LogP contribution is -2.14. The first-order chi connectivity index (χ1) is 13.0. The van der Waals surface area contributed by atoms with E-state index in [9.17, 15) is 0 Å². The van der Waals surface area contributed by atoms with Crippen molar-refractivity contribution >= 4 is 35.0 Å². The first-order valence-electron chi connectivity index (χ1n) is 9.01. The third kappa shape index (κ3) is 4.96. The summed E-state index contributed by atoms with van der Waals surface area (Å²) in [7, 11) is 2.03. The zero-order chi connectivity index (χ0) is 19.4. The fourth-order valence-electron chi connectivity index (χ4n) is 2.74. The van der Waals surface area contributed by atoms with Gasteiger partial charge in [-0.1, -0.05) is 29.8 Å². The SMILES string of the molecule is CCN(C)/C=N/c1cc(C)c(Cc2nc(-c3ccc(Cl)cc3)cs2)cc1C. The summed E-state index contributed by atoms with van der Waals surface area (Å²) in [5, 5.41) is 3.97. The van der Waals surface area contributed by atoms with E-state index in [0.717, 1.165) is 39.9 Å². The van der Waals surface area contributed by atoms with E-state index in [2.05, 4.69) is 48.2 Å². The molecule has 1 heterocycles. The van der Waals surface area contributed by atoms with Gasteiger partial charge >= 0.3 is 0 Å². The van der Waals surface area contributed by atoms with Crippen LogP contribution in [0, 0.1) is 13.8 Å². The molecule has 0 saturated carbocycles. The van der Waals surface area contributed by atoms with Crippen molar-refractivity contribution in [1.29, 1.82) is 0 Å². The van der Waals surface area contributed by atoms with Gasteiger partial charge in [-0.3, -0.25) is 0 Å². The van der Waals surface area contributed by atoms with Gasteiger partial charge in [0.2, 0.25) is 0 Å². The van der Waals surface area contributed by atoms with Crippen LogP contribution in [0.15, 0.2) is 46.8 Å². The van der Waals surface area contributed by atoms with Gasteiger partial charge in [-0.15, -0.1) is 11.3 Å². The van der Waals surface area contributed by atoms with Crippen LogP contribution in [0.1, 0.15) is 28.6 Å². The molecule has 5 heteroatoms. The monoisotopic (exact) mass is 397 g/mol. The molecular weight excluding hydrogens is 374 g/mol. The Labute approximate surface area is 170 Å². The maximum absolute atomic E-state index is 5.97. The number of benzene rings is 2. The highest BCUT2D eigenvalue weighted by atomic mass is 35.5. The lowest BCUT2D eigenvalue weighted by Gasteiger charge is -2.11. The smallest absolute Gasteiger partial charge is 0.0976 e. The van der Waals surface area contributed by atoms with Gasteiger partial charge in [0, 0.05) is 36.0 Å². The molecule has 0 spiro atoms. The maximum Gasteiger partial charge on any atom is 0.0976 e. The van der Waals surface area contributed by atoms with Crippen molar-refractivity contribution in [2.24, 2.45) is 4.99 Å². The topological polar surface area (TPSA) is 28.5 Å². The molecule has 0 N–H and O–H groups in total. The van der Waals surface area contributed by atoms with Crippen LogP contribution in [-0.4, -0.2) is 29.8 Å². The summed E-state index contributed by atoms with van der Waals surface area (Å²) in [6.45, 7) is 7.31. The second kappa shape index (κ2) is 8.68. The molecule has 2 aromatic carbocycles. The molecule has 3 rings (SSSR count). The first kappa shape index (κ1) is 19.6. The third-order valence-electron chi connectivity index (χ3n) is 4.58. The van der Waals surface area contributed by atoms with Crippen LogP contribution in [0.3, 0.4) is 0 Å². The molecule has 0 aliphatic rings. The molecule has 0 bridgehead atoms. The van der Waals surface area contributed by atoms with E-state index in [1.807, 2.05) is 37.7 Å². The average molecular weight is 398 g/mol.